The third-order valence-electron chi connectivity index (χ3n) is 4.20. The number of hydrogen-bond donors (Lipinski definition) is 2. The molecule has 0 aliphatic carbocycles. The molecule has 6 nitrogen and oxygen atoms in total. The highest BCUT2D eigenvalue weighted by molar-refractivity contribution is 7.99. The summed E-state index contributed by atoms with van der Waals surface area (Å²) in [6.07, 6.45) is 5.96. The van der Waals surface area contributed by atoms with Gasteiger partial charge in [0.15, 0.2) is 0 Å². The zero-order valence-corrected chi connectivity index (χ0v) is 18.3. The van der Waals surface area contributed by atoms with Crippen LogP contribution in [0.2, 0.25) is 0 Å². The fraction of sp³-hybridized carbons (Fsp3) is 0.500. The van der Waals surface area contributed by atoms with Crippen LogP contribution in [0.3, 0.4) is 0 Å². The quantitative estimate of drug-likeness (QED) is 0.281. The van der Waals surface area contributed by atoms with Crippen LogP contribution in [-0.2, 0) is 19.1 Å². The lowest BCUT2D eigenvalue weighted by Gasteiger charge is -2.19. The molecule has 0 saturated carbocycles. The van der Waals surface area contributed by atoms with Gasteiger partial charge in [-0.2, -0.15) is 11.8 Å². The summed E-state index contributed by atoms with van der Waals surface area (Å²) in [5.41, 5.74) is 2.43. The first-order valence-electron chi connectivity index (χ1n) is 9.55. The van der Waals surface area contributed by atoms with E-state index in [4.69, 9.17) is 9.47 Å². The number of aliphatic carboxylic acids is 1. The number of carboxylic acid groups (broad SMARTS) is 1. The molecule has 0 radical (unpaired) electrons. The molecule has 2 N–H and O–H groups in total. The Labute approximate surface area is 176 Å². The first kappa shape index (κ1) is 24.8. The number of carbonyl (C=O) groups is 1. The average molecular weight is 423 g/mol. The van der Waals surface area contributed by atoms with Gasteiger partial charge in [0.25, 0.3) is 0 Å². The number of ether oxygens (including phenoxy) is 2. The molecule has 0 saturated heterocycles. The SMILES string of the molecule is CCO/C(C)=C\C(/C=C(\C)CSCC1=CC(C(=O)O)=C(CC)OC1)C(=C=O)CO. The minimum absolute atomic E-state index is 0.224. The summed E-state index contributed by atoms with van der Waals surface area (Å²) in [6, 6.07) is 0. The van der Waals surface area contributed by atoms with Crippen molar-refractivity contribution in [3.8, 4) is 0 Å². The van der Waals surface area contributed by atoms with Gasteiger partial charge in [-0.15, -0.1) is 0 Å². The van der Waals surface area contributed by atoms with E-state index in [9.17, 15) is 19.8 Å². The molecule has 1 aliphatic heterocycles. The molecule has 0 aromatic heterocycles. The van der Waals surface area contributed by atoms with Crippen molar-refractivity contribution >= 4 is 23.7 Å². The second-order valence-electron chi connectivity index (χ2n) is 6.61. The normalized spacial score (nSPS) is 16.0. The Morgan fingerprint density at radius 3 is 2.66 bits per heavy atom. The van der Waals surface area contributed by atoms with Crippen molar-refractivity contribution in [3.63, 3.8) is 0 Å². The molecule has 0 fully saturated rings. The first-order chi connectivity index (χ1) is 13.9. The van der Waals surface area contributed by atoms with Crippen LogP contribution in [-0.4, -0.2) is 53.5 Å². The van der Waals surface area contributed by atoms with Gasteiger partial charge in [0.1, 0.15) is 18.3 Å². The van der Waals surface area contributed by atoms with Crippen molar-refractivity contribution in [2.45, 2.75) is 34.1 Å². The largest absolute Gasteiger partial charge is 0.499 e. The summed E-state index contributed by atoms with van der Waals surface area (Å²) in [5.74, 6) is 3.00. The van der Waals surface area contributed by atoms with Crippen LogP contribution in [0.15, 0.2) is 52.0 Å². The van der Waals surface area contributed by atoms with Crippen molar-refractivity contribution in [1.82, 2.24) is 0 Å². The summed E-state index contributed by atoms with van der Waals surface area (Å²) in [5, 5.41) is 18.7. The van der Waals surface area contributed by atoms with Crippen molar-refractivity contribution in [3.05, 3.63) is 52.0 Å². The molecule has 0 bridgehead atoms. The molecule has 0 spiro atoms. The predicted molar refractivity (Wildman–Crippen MR) is 115 cm³/mol. The van der Waals surface area contributed by atoms with E-state index in [0.29, 0.717) is 42.7 Å². The summed E-state index contributed by atoms with van der Waals surface area (Å²) in [7, 11) is 0. The molecule has 160 valence electrons. The van der Waals surface area contributed by atoms with Crippen molar-refractivity contribution < 1.29 is 29.3 Å². The topological polar surface area (TPSA) is 93.1 Å². The van der Waals surface area contributed by atoms with Gasteiger partial charge in [-0.3, -0.25) is 0 Å². The van der Waals surface area contributed by atoms with Gasteiger partial charge in [0, 0.05) is 29.4 Å². The molecule has 1 aliphatic rings. The highest BCUT2D eigenvalue weighted by Gasteiger charge is 2.18. The monoisotopic (exact) mass is 422 g/mol. The van der Waals surface area contributed by atoms with Gasteiger partial charge in [0.2, 0.25) is 0 Å². The molecule has 0 amide bonds. The Kier molecular flexibility index (Phi) is 11.2. The summed E-state index contributed by atoms with van der Waals surface area (Å²) in [4.78, 5) is 22.5. The molecular formula is C22H30O6S. The zero-order valence-electron chi connectivity index (χ0n) is 17.5. The molecule has 1 rings (SSSR count). The second-order valence-corrected chi connectivity index (χ2v) is 7.60. The molecule has 7 heteroatoms. The molecule has 1 unspecified atom stereocenters. The number of allylic oxidation sites excluding steroid dienone is 4. The lowest BCUT2D eigenvalue weighted by Crippen LogP contribution is -2.14. The van der Waals surface area contributed by atoms with E-state index < -0.39 is 5.97 Å². The van der Waals surface area contributed by atoms with E-state index in [1.165, 1.54) is 0 Å². The molecule has 29 heavy (non-hydrogen) atoms. The highest BCUT2D eigenvalue weighted by atomic mass is 32.2. The van der Waals surface area contributed by atoms with Crippen LogP contribution in [0.5, 0.6) is 0 Å². The van der Waals surface area contributed by atoms with E-state index in [0.717, 1.165) is 11.1 Å². The van der Waals surface area contributed by atoms with E-state index >= 15 is 0 Å². The average Bonchev–Trinajstić information content (AvgIpc) is 2.68. The van der Waals surface area contributed by atoms with Crippen LogP contribution >= 0.6 is 11.8 Å². The number of hydrogen-bond acceptors (Lipinski definition) is 6. The fourth-order valence-electron chi connectivity index (χ4n) is 2.82. The summed E-state index contributed by atoms with van der Waals surface area (Å²) in [6.45, 7) is 8.06. The van der Waals surface area contributed by atoms with Crippen LogP contribution in [0, 0.1) is 5.92 Å². The Morgan fingerprint density at radius 2 is 2.10 bits per heavy atom. The van der Waals surface area contributed by atoms with Crippen LogP contribution in [0.4, 0.5) is 0 Å². The maximum atomic E-state index is 11.4. The van der Waals surface area contributed by atoms with Gasteiger partial charge in [0.05, 0.1) is 24.5 Å². The van der Waals surface area contributed by atoms with Crippen molar-refractivity contribution in [2.75, 3.05) is 31.3 Å². The number of rotatable bonds is 12. The van der Waals surface area contributed by atoms with E-state index in [1.807, 2.05) is 39.7 Å². The van der Waals surface area contributed by atoms with E-state index in [-0.39, 0.29) is 23.7 Å². The highest BCUT2D eigenvalue weighted by Crippen LogP contribution is 2.24. The standard InChI is InChI=1S/C22H30O6S/c1-5-21-20(22(25)26)9-17(12-28-21)14-29-13-15(3)7-18(19(10-23)11-24)8-16(4)27-6-2/h7-9,18,23H,5-6,10,12-14H2,1-4H3,(H,25,26)/b15-7+,16-8-. The maximum Gasteiger partial charge on any atom is 0.339 e. The second kappa shape index (κ2) is 13.1. The minimum Gasteiger partial charge on any atom is -0.499 e. The van der Waals surface area contributed by atoms with E-state index in [1.54, 1.807) is 23.9 Å². The molecule has 0 aromatic carbocycles. The summed E-state index contributed by atoms with van der Waals surface area (Å²) >= 11 is 1.63. The molecule has 1 atom stereocenters. The predicted octanol–water partition coefficient (Wildman–Crippen LogP) is 3.68. The lowest BCUT2D eigenvalue weighted by atomic mass is 9.97. The Hall–Kier alpha value is -2.21. The van der Waals surface area contributed by atoms with Crippen LogP contribution in [0.1, 0.15) is 34.1 Å². The Morgan fingerprint density at radius 1 is 1.38 bits per heavy atom. The Bertz CT molecular complexity index is 753. The molecular weight excluding hydrogens is 392 g/mol. The third-order valence-corrected chi connectivity index (χ3v) is 5.44. The first-order valence-corrected chi connectivity index (χ1v) is 10.7. The van der Waals surface area contributed by atoms with Gasteiger partial charge in [-0.1, -0.05) is 18.6 Å². The van der Waals surface area contributed by atoms with Crippen LogP contribution in [0.25, 0.3) is 0 Å². The van der Waals surface area contributed by atoms with Crippen LogP contribution < -0.4 is 0 Å². The number of carbonyl (C=O) groups excluding carboxylic acids is 1. The minimum atomic E-state index is -0.975. The lowest BCUT2D eigenvalue weighted by molar-refractivity contribution is -0.132. The van der Waals surface area contributed by atoms with Crippen molar-refractivity contribution in [1.29, 1.82) is 0 Å². The van der Waals surface area contributed by atoms with Crippen molar-refractivity contribution in [2.24, 2.45) is 5.92 Å². The number of thioether (sulfide) groups is 1. The number of carboxylic acids is 1. The van der Waals surface area contributed by atoms with Gasteiger partial charge in [-0.25, -0.2) is 9.59 Å². The third kappa shape index (κ3) is 8.36. The molecule has 1 heterocycles. The van der Waals surface area contributed by atoms with Gasteiger partial charge in [-0.05, 0) is 38.5 Å². The Balaban J connectivity index is 2.80. The fourth-order valence-corrected chi connectivity index (χ4v) is 3.77. The van der Waals surface area contributed by atoms with Gasteiger partial charge >= 0.3 is 5.97 Å². The van der Waals surface area contributed by atoms with Gasteiger partial charge < -0.3 is 19.7 Å². The zero-order chi connectivity index (χ0) is 21.8. The smallest absolute Gasteiger partial charge is 0.339 e. The number of aliphatic hydroxyl groups excluding tert-OH is 1. The van der Waals surface area contributed by atoms with E-state index in [2.05, 4.69) is 0 Å². The summed E-state index contributed by atoms with van der Waals surface area (Å²) < 4.78 is 11.0. The maximum absolute atomic E-state index is 11.4. The molecule has 0 aromatic rings. The number of aliphatic hydroxyl groups is 1.